The summed E-state index contributed by atoms with van der Waals surface area (Å²) in [5, 5.41) is 3.23. The highest BCUT2D eigenvalue weighted by Crippen LogP contribution is 2.47. The summed E-state index contributed by atoms with van der Waals surface area (Å²) in [5.41, 5.74) is 6.24. The summed E-state index contributed by atoms with van der Waals surface area (Å²) < 4.78 is 5.38. The molecule has 1 saturated heterocycles. The van der Waals surface area contributed by atoms with Gasteiger partial charge in [0.05, 0.1) is 5.92 Å². The monoisotopic (exact) mass is 302 g/mol. The summed E-state index contributed by atoms with van der Waals surface area (Å²) in [5.74, 6) is 1.98. The van der Waals surface area contributed by atoms with Crippen molar-refractivity contribution < 1.29 is 9.53 Å². The fourth-order valence-corrected chi connectivity index (χ4v) is 4.38. The molecular formula is C15H27ClN2O2. The maximum Gasteiger partial charge on any atom is 0.225 e. The Labute approximate surface area is 127 Å². The van der Waals surface area contributed by atoms with Crippen LogP contribution in [0.3, 0.4) is 0 Å². The predicted octanol–water partition coefficient (Wildman–Crippen LogP) is 1.71. The summed E-state index contributed by atoms with van der Waals surface area (Å²) in [6.45, 7) is 3.80. The second-order valence-corrected chi connectivity index (χ2v) is 6.68. The minimum atomic E-state index is 0. The van der Waals surface area contributed by atoms with Gasteiger partial charge in [-0.15, -0.1) is 12.4 Å². The molecule has 0 spiro atoms. The van der Waals surface area contributed by atoms with Crippen LogP contribution in [0, 0.1) is 23.7 Å². The van der Waals surface area contributed by atoms with Crippen molar-refractivity contribution in [2.24, 2.45) is 29.4 Å². The van der Waals surface area contributed by atoms with Gasteiger partial charge < -0.3 is 15.8 Å². The van der Waals surface area contributed by atoms with Crippen molar-refractivity contribution in [1.82, 2.24) is 5.32 Å². The molecule has 2 aliphatic carbocycles. The standard InChI is InChI=1S/C15H26N2O2.ClH/c1-9(10-4-6-19-7-5-10)17-15(18)13-11-2-3-12(8-11)14(13)16;/h9-14H,2-8,16H2,1H3,(H,17,18);1H. The Kier molecular flexibility index (Phi) is 5.32. The van der Waals surface area contributed by atoms with Crippen molar-refractivity contribution in [2.75, 3.05) is 13.2 Å². The third kappa shape index (κ3) is 2.97. The second-order valence-electron chi connectivity index (χ2n) is 6.68. The van der Waals surface area contributed by atoms with E-state index in [1.165, 1.54) is 19.3 Å². The average molecular weight is 303 g/mol. The molecule has 3 aliphatic rings. The zero-order valence-electron chi connectivity index (χ0n) is 12.2. The lowest BCUT2D eigenvalue weighted by atomic mass is 9.83. The van der Waals surface area contributed by atoms with E-state index in [-0.39, 0.29) is 36.3 Å². The van der Waals surface area contributed by atoms with E-state index in [1.54, 1.807) is 0 Å². The van der Waals surface area contributed by atoms with Gasteiger partial charge in [0.2, 0.25) is 5.91 Å². The van der Waals surface area contributed by atoms with Gasteiger partial charge in [-0.05, 0) is 56.8 Å². The maximum absolute atomic E-state index is 12.5. The van der Waals surface area contributed by atoms with Gasteiger partial charge in [0.25, 0.3) is 0 Å². The van der Waals surface area contributed by atoms with Crippen LogP contribution in [-0.4, -0.2) is 31.2 Å². The Morgan fingerprint density at radius 3 is 2.45 bits per heavy atom. The first kappa shape index (κ1) is 16.1. The molecule has 3 N–H and O–H groups in total. The molecule has 0 aromatic rings. The number of nitrogens with one attached hydrogen (secondary N) is 1. The fourth-order valence-electron chi connectivity index (χ4n) is 4.38. The molecule has 2 bridgehead atoms. The first-order chi connectivity index (χ1) is 9.16. The van der Waals surface area contributed by atoms with E-state index < -0.39 is 0 Å². The number of carbonyl (C=O) groups excluding carboxylic acids is 1. The minimum absolute atomic E-state index is 0. The number of fused-ring (bicyclic) bond motifs is 2. The molecule has 5 heteroatoms. The quantitative estimate of drug-likeness (QED) is 0.834. The smallest absolute Gasteiger partial charge is 0.225 e. The highest BCUT2D eigenvalue weighted by molar-refractivity contribution is 5.85. The van der Waals surface area contributed by atoms with Gasteiger partial charge in [-0.3, -0.25) is 4.79 Å². The van der Waals surface area contributed by atoms with Crippen molar-refractivity contribution in [2.45, 2.75) is 51.1 Å². The van der Waals surface area contributed by atoms with Gasteiger partial charge in [0.15, 0.2) is 0 Å². The van der Waals surface area contributed by atoms with Crippen LogP contribution in [-0.2, 0) is 9.53 Å². The van der Waals surface area contributed by atoms with Crippen molar-refractivity contribution in [3.05, 3.63) is 0 Å². The summed E-state index contributed by atoms with van der Waals surface area (Å²) >= 11 is 0. The number of hydrogen-bond donors (Lipinski definition) is 2. The lowest BCUT2D eigenvalue weighted by molar-refractivity contribution is -0.128. The predicted molar refractivity (Wildman–Crippen MR) is 80.7 cm³/mol. The Bertz CT molecular complexity index is 345. The van der Waals surface area contributed by atoms with Gasteiger partial charge in [0, 0.05) is 25.3 Å². The van der Waals surface area contributed by atoms with Crippen LogP contribution < -0.4 is 11.1 Å². The van der Waals surface area contributed by atoms with Gasteiger partial charge >= 0.3 is 0 Å². The molecule has 4 nitrogen and oxygen atoms in total. The van der Waals surface area contributed by atoms with E-state index in [0.717, 1.165) is 26.1 Å². The van der Waals surface area contributed by atoms with Crippen LogP contribution in [0.1, 0.15) is 39.0 Å². The SMILES string of the molecule is CC(NC(=O)C1C2CCC(C2)C1N)C1CCOCC1.Cl. The van der Waals surface area contributed by atoms with E-state index in [1.807, 2.05) is 0 Å². The topological polar surface area (TPSA) is 64.4 Å². The van der Waals surface area contributed by atoms with Gasteiger partial charge in [-0.2, -0.15) is 0 Å². The van der Waals surface area contributed by atoms with E-state index in [4.69, 9.17) is 10.5 Å². The number of nitrogens with two attached hydrogens (primary N) is 1. The highest BCUT2D eigenvalue weighted by Gasteiger charge is 2.49. The van der Waals surface area contributed by atoms with Crippen LogP contribution in [0.2, 0.25) is 0 Å². The second kappa shape index (κ2) is 6.63. The molecule has 20 heavy (non-hydrogen) atoms. The molecule has 0 radical (unpaired) electrons. The Hall–Kier alpha value is -0.320. The lowest BCUT2D eigenvalue weighted by Crippen LogP contribution is -2.49. The molecule has 3 fully saturated rings. The molecular weight excluding hydrogens is 276 g/mol. The van der Waals surface area contributed by atoms with E-state index in [2.05, 4.69) is 12.2 Å². The van der Waals surface area contributed by atoms with E-state index in [9.17, 15) is 4.79 Å². The molecule has 5 atom stereocenters. The third-order valence-corrected chi connectivity index (χ3v) is 5.63. The maximum atomic E-state index is 12.5. The van der Waals surface area contributed by atoms with Crippen molar-refractivity contribution >= 4 is 18.3 Å². The summed E-state index contributed by atoms with van der Waals surface area (Å²) in [6.07, 6.45) is 5.71. The molecule has 2 saturated carbocycles. The van der Waals surface area contributed by atoms with Crippen LogP contribution in [0.4, 0.5) is 0 Å². The largest absolute Gasteiger partial charge is 0.381 e. The van der Waals surface area contributed by atoms with Crippen LogP contribution in [0.5, 0.6) is 0 Å². The molecule has 3 rings (SSSR count). The summed E-state index contributed by atoms with van der Waals surface area (Å²) in [4.78, 5) is 12.5. The number of rotatable bonds is 3. The molecule has 1 heterocycles. The third-order valence-electron chi connectivity index (χ3n) is 5.63. The van der Waals surface area contributed by atoms with Crippen LogP contribution in [0.15, 0.2) is 0 Å². The first-order valence-electron chi connectivity index (χ1n) is 7.80. The Morgan fingerprint density at radius 1 is 1.20 bits per heavy atom. The highest BCUT2D eigenvalue weighted by atomic mass is 35.5. The molecule has 0 aromatic carbocycles. The molecule has 116 valence electrons. The first-order valence-corrected chi connectivity index (χ1v) is 7.80. The Balaban J connectivity index is 0.00000147. The van der Waals surface area contributed by atoms with E-state index in [0.29, 0.717) is 17.8 Å². The Morgan fingerprint density at radius 2 is 1.85 bits per heavy atom. The van der Waals surface area contributed by atoms with Gasteiger partial charge in [0.1, 0.15) is 0 Å². The van der Waals surface area contributed by atoms with Crippen LogP contribution >= 0.6 is 12.4 Å². The number of halogens is 1. The van der Waals surface area contributed by atoms with Gasteiger partial charge in [-0.25, -0.2) is 0 Å². The lowest BCUT2D eigenvalue weighted by Gasteiger charge is -2.32. The fraction of sp³-hybridized carbons (Fsp3) is 0.933. The molecule has 1 amide bonds. The molecule has 5 unspecified atom stereocenters. The minimum Gasteiger partial charge on any atom is -0.381 e. The normalized spacial score (nSPS) is 38.3. The molecule has 0 aromatic heterocycles. The van der Waals surface area contributed by atoms with E-state index >= 15 is 0 Å². The number of ether oxygens (including phenoxy) is 1. The van der Waals surface area contributed by atoms with Crippen molar-refractivity contribution in [3.63, 3.8) is 0 Å². The number of amides is 1. The molecule has 1 aliphatic heterocycles. The average Bonchev–Trinajstić information content (AvgIpc) is 3.00. The zero-order valence-corrected chi connectivity index (χ0v) is 13.0. The summed E-state index contributed by atoms with van der Waals surface area (Å²) in [6, 6.07) is 0.350. The van der Waals surface area contributed by atoms with Crippen LogP contribution in [0.25, 0.3) is 0 Å². The van der Waals surface area contributed by atoms with Gasteiger partial charge in [-0.1, -0.05) is 0 Å². The number of hydrogen-bond acceptors (Lipinski definition) is 3. The zero-order chi connectivity index (χ0) is 13.4. The van der Waals surface area contributed by atoms with Crippen molar-refractivity contribution in [1.29, 1.82) is 0 Å². The van der Waals surface area contributed by atoms with Crippen molar-refractivity contribution in [3.8, 4) is 0 Å². The number of carbonyl (C=O) groups is 1. The summed E-state index contributed by atoms with van der Waals surface area (Å²) in [7, 11) is 0.